The van der Waals surface area contributed by atoms with Crippen molar-refractivity contribution < 1.29 is 9.90 Å². The Kier molecular flexibility index (Phi) is 4.92. The van der Waals surface area contributed by atoms with E-state index in [0.29, 0.717) is 18.0 Å². The minimum Gasteiger partial charge on any atom is -0.394 e. The van der Waals surface area contributed by atoms with Crippen LogP contribution in [0.25, 0.3) is 5.65 Å². The predicted octanol–water partition coefficient (Wildman–Crippen LogP) is 1.14. The van der Waals surface area contributed by atoms with Crippen molar-refractivity contribution in [2.45, 2.75) is 33.2 Å². The van der Waals surface area contributed by atoms with Crippen LogP contribution in [0.15, 0.2) is 29.3 Å². The summed E-state index contributed by atoms with van der Waals surface area (Å²) in [6, 6.07) is 3.19. The molecule has 6 heteroatoms. The Morgan fingerprint density at radius 2 is 2.18 bits per heavy atom. The average molecular weight is 303 g/mol. The van der Waals surface area contributed by atoms with Gasteiger partial charge in [-0.15, -0.1) is 0 Å². The number of rotatable bonds is 5. The summed E-state index contributed by atoms with van der Waals surface area (Å²) in [5, 5.41) is 12.0. The van der Waals surface area contributed by atoms with Crippen molar-refractivity contribution in [3.05, 3.63) is 46.0 Å². The molecular weight excluding hydrogens is 282 g/mol. The fourth-order valence-electron chi connectivity index (χ4n) is 2.34. The number of aromatic nitrogens is 2. The number of fused-ring (bicyclic) bond motifs is 1. The molecule has 2 aromatic heterocycles. The van der Waals surface area contributed by atoms with Gasteiger partial charge in [0, 0.05) is 12.4 Å². The van der Waals surface area contributed by atoms with Crippen LogP contribution >= 0.6 is 0 Å². The Bertz CT molecular complexity index is 737. The number of carbonyl (C=O) groups excluding carboxylic acids is 1. The Morgan fingerprint density at radius 1 is 1.45 bits per heavy atom. The van der Waals surface area contributed by atoms with Gasteiger partial charge in [-0.2, -0.15) is 0 Å². The van der Waals surface area contributed by atoms with Crippen molar-refractivity contribution in [1.82, 2.24) is 14.7 Å². The molecule has 22 heavy (non-hydrogen) atoms. The monoisotopic (exact) mass is 303 g/mol. The summed E-state index contributed by atoms with van der Waals surface area (Å²) in [7, 11) is 0. The quantitative estimate of drug-likeness (QED) is 0.867. The summed E-state index contributed by atoms with van der Waals surface area (Å²) < 4.78 is 1.35. The van der Waals surface area contributed by atoms with Crippen molar-refractivity contribution in [2.24, 2.45) is 5.92 Å². The molecule has 6 nitrogen and oxygen atoms in total. The smallest absolute Gasteiger partial charge is 0.270 e. The van der Waals surface area contributed by atoms with E-state index >= 15 is 0 Å². The number of aliphatic hydroxyl groups is 1. The Labute approximate surface area is 128 Å². The number of hydrogen-bond acceptors (Lipinski definition) is 4. The molecule has 1 amide bonds. The van der Waals surface area contributed by atoms with Crippen LogP contribution in [0, 0.1) is 12.8 Å². The first kappa shape index (κ1) is 16.2. The van der Waals surface area contributed by atoms with Gasteiger partial charge in [-0.25, -0.2) is 4.98 Å². The molecule has 0 saturated carbocycles. The first-order valence-electron chi connectivity index (χ1n) is 7.32. The van der Waals surface area contributed by atoms with Crippen molar-refractivity contribution in [2.75, 3.05) is 6.61 Å². The lowest BCUT2D eigenvalue weighted by atomic mass is 10.0. The van der Waals surface area contributed by atoms with Gasteiger partial charge < -0.3 is 10.4 Å². The minimum atomic E-state index is -0.507. The van der Waals surface area contributed by atoms with Crippen molar-refractivity contribution in [1.29, 1.82) is 0 Å². The number of aryl methyl sites for hydroxylation is 1. The summed E-state index contributed by atoms with van der Waals surface area (Å²) >= 11 is 0. The SMILES string of the molecule is Cc1ccn2c(=O)c(C(=O)NC(CO)CC(C)C)cnc2c1. The van der Waals surface area contributed by atoms with Gasteiger partial charge >= 0.3 is 0 Å². The van der Waals surface area contributed by atoms with E-state index < -0.39 is 11.5 Å². The molecule has 2 rings (SSSR count). The van der Waals surface area contributed by atoms with E-state index in [1.54, 1.807) is 18.3 Å². The lowest BCUT2D eigenvalue weighted by Gasteiger charge is -2.18. The Hall–Kier alpha value is -2.21. The highest BCUT2D eigenvalue weighted by Gasteiger charge is 2.18. The van der Waals surface area contributed by atoms with Crippen LogP contribution in [0.3, 0.4) is 0 Å². The molecule has 0 aliphatic heterocycles. The molecule has 118 valence electrons. The van der Waals surface area contributed by atoms with Crippen LogP contribution in [0.4, 0.5) is 0 Å². The molecule has 0 bridgehead atoms. The largest absolute Gasteiger partial charge is 0.394 e. The number of amides is 1. The van der Waals surface area contributed by atoms with Gasteiger partial charge in [-0.1, -0.05) is 13.8 Å². The van der Waals surface area contributed by atoms with Crippen LogP contribution in [0.5, 0.6) is 0 Å². The molecule has 1 unspecified atom stereocenters. The number of pyridine rings is 1. The maximum Gasteiger partial charge on any atom is 0.270 e. The molecule has 0 saturated heterocycles. The topological polar surface area (TPSA) is 83.7 Å². The summed E-state index contributed by atoms with van der Waals surface area (Å²) in [4.78, 5) is 28.8. The van der Waals surface area contributed by atoms with Crippen molar-refractivity contribution in [3.8, 4) is 0 Å². The van der Waals surface area contributed by atoms with Crippen LogP contribution in [0.1, 0.15) is 36.2 Å². The van der Waals surface area contributed by atoms with Crippen molar-refractivity contribution in [3.63, 3.8) is 0 Å². The molecule has 2 heterocycles. The number of nitrogens with one attached hydrogen (secondary N) is 1. The highest BCUT2D eigenvalue weighted by atomic mass is 16.3. The minimum absolute atomic E-state index is 0.0245. The maximum absolute atomic E-state index is 12.4. The third-order valence-corrected chi connectivity index (χ3v) is 3.42. The van der Waals surface area contributed by atoms with Gasteiger partial charge in [0.25, 0.3) is 11.5 Å². The van der Waals surface area contributed by atoms with Gasteiger partial charge in [0.15, 0.2) is 0 Å². The second kappa shape index (κ2) is 6.70. The molecule has 0 aromatic carbocycles. The Morgan fingerprint density at radius 3 is 2.82 bits per heavy atom. The van der Waals surface area contributed by atoms with E-state index in [1.165, 1.54) is 10.6 Å². The zero-order valence-electron chi connectivity index (χ0n) is 13.0. The van der Waals surface area contributed by atoms with Crippen molar-refractivity contribution >= 4 is 11.6 Å². The lowest BCUT2D eigenvalue weighted by Crippen LogP contribution is -2.41. The van der Waals surface area contributed by atoms with E-state index in [1.807, 2.05) is 20.8 Å². The van der Waals surface area contributed by atoms with Crippen LogP contribution in [-0.4, -0.2) is 33.0 Å². The number of carbonyl (C=O) groups is 1. The number of nitrogens with zero attached hydrogens (tertiary/aromatic N) is 2. The Balaban J connectivity index is 2.30. The number of aliphatic hydroxyl groups excluding tert-OH is 1. The van der Waals surface area contributed by atoms with Crippen LogP contribution in [-0.2, 0) is 0 Å². The van der Waals surface area contributed by atoms with Gasteiger partial charge in [0.2, 0.25) is 0 Å². The van der Waals surface area contributed by atoms with E-state index in [2.05, 4.69) is 10.3 Å². The van der Waals surface area contributed by atoms with Crippen LogP contribution < -0.4 is 10.9 Å². The van der Waals surface area contributed by atoms with E-state index in [0.717, 1.165) is 5.56 Å². The molecule has 0 fully saturated rings. The standard InChI is InChI=1S/C16H21N3O3/c1-10(2)6-12(9-20)18-15(21)13-8-17-14-7-11(3)4-5-19(14)16(13)22/h4-5,7-8,10,12,20H,6,9H2,1-3H3,(H,18,21). The molecule has 0 aliphatic rings. The summed E-state index contributed by atoms with van der Waals surface area (Å²) in [6.45, 7) is 5.75. The van der Waals surface area contributed by atoms with Gasteiger partial charge in [-0.05, 0) is 37.0 Å². The maximum atomic E-state index is 12.4. The van der Waals surface area contributed by atoms with Crippen LogP contribution in [0.2, 0.25) is 0 Å². The van der Waals surface area contributed by atoms with E-state index in [-0.39, 0.29) is 18.2 Å². The third kappa shape index (κ3) is 3.51. The molecular formula is C16H21N3O3. The summed E-state index contributed by atoms with van der Waals surface area (Å²) in [6.07, 6.45) is 3.54. The zero-order valence-corrected chi connectivity index (χ0v) is 13.0. The normalized spacial score (nSPS) is 12.6. The predicted molar refractivity (Wildman–Crippen MR) is 84.0 cm³/mol. The molecule has 2 aromatic rings. The zero-order chi connectivity index (χ0) is 16.3. The van der Waals surface area contributed by atoms with E-state index in [9.17, 15) is 14.7 Å². The first-order chi connectivity index (χ1) is 10.4. The fraction of sp³-hybridized carbons (Fsp3) is 0.438. The molecule has 0 spiro atoms. The highest BCUT2D eigenvalue weighted by molar-refractivity contribution is 5.93. The van der Waals surface area contributed by atoms with E-state index in [4.69, 9.17) is 0 Å². The summed E-state index contributed by atoms with van der Waals surface area (Å²) in [5.41, 5.74) is 1.05. The van der Waals surface area contributed by atoms with Gasteiger partial charge in [-0.3, -0.25) is 14.0 Å². The average Bonchev–Trinajstić information content (AvgIpc) is 2.46. The highest BCUT2D eigenvalue weighted by Crippen LogP contribution is 2.06. The molecule has 2 N–H and O–H groups in total. The van der Waals surface area contributed by atoms with Gasteiger partial charge in [0.05, 0.1) is 12.6 Å². The lowest BCUT2D eigenvalue weighted by molar-refractivity contribution is 0.0906. The molecule has 0 aliphatic carbocycles. The first-order valence-corrected chi connectivity index (χ1v) is 7.32. The second-order valence-corrected chi connectivity index (χ2v) is 5.89. The molecule has 0 radical (unpaired) electrons. The summed E-state index contributed by atoms with van der Waals surface area (Å²) in [5.74, 6) is -0.177. The van der Waals surface area contributed by atoms with Gasteiger partial charge in [0.1, 0.15) is 11.2 Å². The second-order valence-electron chi connectivity index (χ2n) is 5.89. The number of hydrogen-bond donors (Lipinski definition) is 2. The fourth-order valence-corrected chi connectivity index (χ4v) is 2.34. The third-order valence-electron chi connectivity index (χ3n) is 3.42. The molecule has 1 atom stereocenters.